The number of carbonyl (C=O) groups is 1. The summed E-state index contributed by atoms with van der Waals surface area (Å²) >= 11 is 1.13. The number of ether oxygens (including phenoxy) is 2. The van der Waals surface area contributed by atoms with Gasteiger partial charge in [0.1, 0.15) is 47.0 Å². The van der Waals surface area contributed by atoms with Crippen LogP contribution in [-0.4, -0.2) is 61.5 Å². The average molecular weight is 699 g/mol. The van der Waals surface area contributed by atoms with E-state index in [1.807, 2.05) is 50.6 Å². The monoisotopic (exact) mass is 698 g/mol. The van der Waals surface area contributed by atoms with Crippen LogP contribution in [0.1, 0.15) is 38.3 Å². The van der Waals surface area contributed by atoms with Crippen LogP contribution in [0.3, 0.4) is 0 Å². The first-order valence-electron chi connectivity index (χ1n) is 16.0. The summed E-state index contributed by atoms with van der Waals surface area (Å²) in [4.78, 5) is 24.5. The topological polar surface area (TPSA) is 87.3 Å². The third-order valence-corrected chi connectivity index (χ3v) is 10.1. The lowest BCUT2D eigenvalue weighted by Crippen LogP contribution is -2.46. The molecule has 7 rings (SSSR count). The van der Waals surface area contributed by atoms with E-state index in [4.69, 9.17) is 19.6 Å². The van der Waals surface area contributed by atoms with Crippen molar-refractivity contribution < 1.29 is 27.4 Å². The Morgan fingerprint density at radius 1 is 1.04 bits per heavy atom. The number of thiophene rings is 1. The van der Waals surface area contributed by atoms with Crippen LogP contribution in [-0.2, 0) is 23.1 Å². The SMILES string of the molecule is CC#CC(=O)N1[C@H](C)Cn2nc(-c3nc(-c4ccc5c(c4)nc(C)n5C)c4scc(F)c4c3-c3c(F)cc(F)cc3OCCOC)cc2[C@@H]1C. The number of amides is 1. The van der Waals surface area contributed by atoms with Crippen LogP contribution in [0.15, 0.2) is 41.8 Å². The predicted octanol–water partition coefficient (Wildman–Crippen LogP) is 7.45. The van der Waals surface area contributed by atoms with Gasteiger partial charge in [-0.3, -0.25) is 9.48 Å². The largest absolute Gasteiger partial charge is 0.490 e. The first kappa shape index (κ1) is 33.3. The molecule has 0 N–H and O–H groups in total. The number of halogens is 3. The zero-order valence-corrected chi connectivity index (χ0v) is 29.1. The molecule has 9 nitrogen and oxygen atoms in total. The number of pyridine rings is 1. The maximum Gasteiger partial charge on any atom is 0.299 e. The summed E-state index contributed by atoms with van der Waals surface area (Å²) in [5, 5.41) is 6.35. The second-order valence-corrected chi connectivity index (χ2v) is 13.1. The van der Waals surface area contributed by atoms with Crippen LogP contribution >= 0.6 is 11.3 Å². The summed E-state index contributed by atoms with van der Waals surface area (Å²) in [5.74, 6) is 3.29. The van der Waals surface area contributed by atoms with Crippen molar-refractivity contribution in [2.45, 2.75) is 46.3 Å². The van der Waals surface area contributed by atoms with Crippen LogP contribution in [0.25, 0.3) is 54.9 Å². The van der Waals surface area contributed by atoms with Gasteiger partial charge in [0.05, 0.1) is 57.9 Å². The molecule has 13 heteroatoms. The zero-order valence-electron chi connectivity index (χ0n) is 28.3. The minimum Gasteiger partial charge on any atom is -0.490 e. The van der Waals surface area contributed by atoms with Crippen LogP contribution in [0.4, 0.5) is 13.2 Å². The van der Waals surface area contributed by atoms with Gasteiger partial charge in [0.2, 0.25) is 0 Å². The lowest BCUT2D eigenvalue weighted by Gasteiger charge is -2.38. The van der Waals surface area contributed by atoms with E-state index < -0.39 is 23.5 Å². The maximum absolute atomic E-state index is 16.2. The van der Waals surface area contributed by atoms with Gasteiger partial charge in [0, 0.05) is 48.2 Å². The number of nitrogens with zero attached hydrogens (tertiary/aromatic N) is 6. The van der Waals surface area contributed by atoms with Crippen molar-refractivity contribution in [1.82, 2.24) is 29.2 Å². The molecule has 0 bridgehead atoms. The summed E-state index contributed by atoms with van der Waals surface area (Å²) in [7, 11) is 3.41. The molecular weight excluding hydrogens is 666 g/mol. The smallest absolute Gasteiger partial charge is 0.299 e. The molecule has 5 heterocycles. The number of carbonyl (C=O) groups excluding carboxylic acids is 1. The van der Waals surface area contributed by atoms with Gasteiger partial charge in [-0.1, -0.05) is 12.0 Å². The fourth-order valence-corrected chi connectivity index (χ4v) is 7.69. The molecule has 0 fully saturated rings. The molecule has 2 aromatic carbocycles. The van der Waals surface area contributed by atoms with Gasteiger partial charge in [-0.05, 0) is 51.8 Å². The molecule has 4 aromatic heterocycles. The van der Waals surface area contributed by atoms with Crippen molar-refractivity contribution in [2.24, 2.45) is 7.05 Å². The highest BCUT2D eigenvalue weighted by Crippen LogP contribution is 2.48. The Hall–Kier alpha value is -5.19. The van der Waals surface area contributed by atoms with Crippen molar-refractivity contribution in [3.63, 3.8) is 0 Å². The Balaban J connectivity index is 1.53. The molecule has 0 unspecified atom stereocenters. The van der Waals surface area contributed by atoms with Crippen molar-refractivity contribution in [1.29, 1.82) is 0 Å². The minimum absolute atomic E-state index is 0.00922. The van der Waals surface area contributed by atoms with Crippen LogP contribution < -0.4 is 4.74 Å². The minimum atomic E-state index is -0.952. The number of aryl methyl sites for hydroxylation is 2. The summed E-state index contributed by atoms with van der Waals surface area (Å²) < 4.78 is 62.3. The van der Waals surface area contributed by atoms with E-state index in [2.05, 4.69) is 16.8 Å². The first-order chi connectivity index (χ1) is 24.0. The van der Waals surface area contributed by atoms with Gasteiger partial charge in [0.25, 0.3) is 5.91 Å². The molecule has 0 saturated carbocycles. The number of hydrogen-bond acceptors (Lipinski definition) is 7. The normalized spacial score (nSPS) is 15.7. The van der Waals surface area contributed by atoms with Gasteiger partial charge in [-0.2, -0.15) is 5.10 Å². The van der Waals surface area contributed by atoms with E-state index in [0.717, 1.165) is 40.3 Å². The molecule has 2 atom stereocenters. The highest BCUT2D eigenvalue weighted by Gasteiger charge is 2.35. The molecule has 1 aliphatic rings. The second kappa shape index (κ2) is 12.9. The highest BCUT2D eigenvalue weighted by molar-refractivity contribution is 7.17. The van der Waals surface area contributed by atoms with E-state index in [1.54, 1.807) is 22.6 Å². The first-order valence-corrected chi connectivity index (χ1v) is 16.9. The van der Waals surface area contributed by atoms with Gasteiger partial charge >= 0.3 is 0 Å². The molecule has 1 aliphatic heterocycles. The van der Waals surface area contributed by atoms with Gasteiger partial charge in [-0.25, -0.2) is 23.1 Å². The highest BCUT2D eigenvalue weighted by atomic mass is 32.1. The number of aromatic nitrogens is 5. The molecule has 0 radical (unpaired) electrons. The standard InChI is InChI=1S/C37H33F3N6O3S/c1-7-8-31(47)46-19(2)17-45-29(20(46)3)16-27(43-45)36-34(32-24(39)14-23(38)15-30(32)49-12-11-48-6)33-25(40)18-50-37(33)35(42-36)22-9-10-28-26(13-22)41-21(4)44(28)5/h9-10,13-16,18-20H,11-12,17H2,1-6H3/t19-,20+/m1/s1. The number of imidazole rings is 1. The Morgan fingerprint density at radius 2 is 1.84 bits per heavy atom. The Morgan fingerprint density at radius 3 is 2.60 bits per heavy atom. The lowest BCUT2D eigenvalue weighted by molar-refractivity contribution is -0.131. The van der Waals surface area contributed by atoms with E-state index >= 15 is 8.78 Å². The number of benzene rings is 2. The van der Waals surface area contributed by atoms with Gasteiger partial charge in [0.15, 0.2) is 0 Å². The van der Waals surface area contributed by atoms with Crippen LogP contribution in [0.2, 0.25) is 0 Å². The Labute approximate surface area is 290 Å². The fourth-order valence-electron chi connectivity index (χ4n) is 6.75. The Bertz CT molecular complexity index is 2390. The van der Waals surface area contributed by atoms with E-state index in [1.165, 1.54) is 12.5 Å². The molecular formula is C37H33F3N6O3S. The van der Waals surface area contributed by atoms with Gasteiger partial charge in [-0.15, -0.1) is 11.3 Å². The van der Waals surface area contributed by atoms with E-state index in [9.17, 15) is 9.18 Å². The predicted molar refractivity (Wildman–Crippen MR) is 186 cm³/mol. The Kier molecular flexibility index (Phi) is 8.61. The number of methoxy groups -OCH3 is 1. The fraction of sp³-hybridized carbons (Fsp3) is 0.297. The van der Waals surface area contributed by atoms with E-state index in [-0.39, 0.29) is 53.1 Å². The van der Waals surface area contributed by atoms with Crippen molar-refractivity contribution in [2.75, 3.05) is 20.3 Å². The summed E-state index contributed by atoms with van der Waals surface area (Å²) in [6.45, 7) is 7.82. The molecule has 0 spiro atoms. The third kappa shape index (κ3) is 5.48. The number of hydrogen-bond donors (Lipinski definition) is 0. The van der Waals surface area contributed by atoms with E-state index in [0.29, 0.717) is 33.9 Å². The van der Waals surface area contributed by atoms with Gasteiger partial charge < -0.3 is 18.9 Å². The van der Waals surface area contributed by atoms with Crippen molar-refractivity contribution >= 4 is 38.4 Å². The van der Waals surface area contributed by atoms with Crippen LogP contribution in [0.5, 0.6) is 5.75 Å². The molecule has 256 valence electrons. The summed E-state index contributed by atoms with van der Waals surface area (Å²) in [5.41, 5.74) is 3.87. The van der Waals surface area contributed by atoms with Crippen molar-refractivity contribution in [3.8, 4) is 51.4 Å². The number of rotatable bonds is 7. The second-order valence-electron chi connectivity index (χ2n) is 12.2. The summed E-state index contributed by atoms with van der Waals surface area (Å²) in [6.07, 6.45) is 0. The zero-order chi connectivity index (χ0) is 35.4. The third-order valence-electron chi connectivity index (χ3n) is 9.14. The molecule has 50 heavy (non-hydrogen) atoms. The quantitative estimate of drug-likeness (QED) is 0.127. The number of fused-ring (bicyclic) bond motifs is 3. The molecule has 0 saturated heterocycles. The lowest BCUT2D eigenvalue weighted by atomic mass is 9.94. The molecule has 6 aromatic rings. The maximum atomic E-state index is 16.2. The molecule has 0 aliphatic carbocycles. The average Bonchev–Trinajstić information content (AvgIpc) is 3.75. The van der Waals surface area contributed by atoms with Crippen molar-refractivity contribution in [3.05, 3.63) is 70.7 Å². The summed E-state index contributed by atoms with van der Waals surface area (Å²) in [6, 6.07) is 8.65. The van der Waals surface area contributed by atoms with Crippen LogP contribution in [0, 0.1) is 36.2 Å². The molecule has 1 amide bonds.